The van der Waals surface area contributed by atoms with Gasteiger partial charge in [-0.3, -0.25) is 9.59 Å². The minimum absolute atomic E-state index is 0.0544. The van der Waals surface area contributed by atoms with Crippen LogP contribution < -0.4 is 5.32 Å². The van der Waals surface area contributed by atoms with E-state index in [1.807, 2.05) is 0 Å². The van der Waals surface area contributed by atoms with Crippen molar-refractivity contribution in [2.24, 2.45) is 15.9 Å². The molecule has 0 saturated heterocycles. The fraction of sp³-hybridized carbons (Fsp3) is 0.429. The van der Waals surface area contributed by atoms with Crippen LogP contribution in [0.1, 0.15) is 19.6 Å². The van der Waals surface area contributed by atoms with Crippen LogP contribution in [0.15, 0.2) is 20.6 Å². The Balaban J connectivity index is 2.01. The molecule has 0 saturated carbocycles. The number of ether oxygens (including phenoxy) is 1. The summed E-state index contributed by atoms with van der Waals surface area (Å²) in [6, 6.07) is 0.866. The van der Waals surface area contributed by atoms with Crippen molar-refractivity contribution in [2.45, 2.75) is 20.8 Å². The highest BCUT2D eigenvalue weighted by molar-refractivity contribution is 8.14. The second-order valence-electron chi connectivity index (χ2n) is 4.83. The normalized spacial score (nSPS) is 17.1. The maximum Gasteiger partial charge on any atom is 0.367 e. The molecule has 1 aliphatic heterocycles. The molecule has 3 amide bonds. The average molecular weight is 352 g/mol. The van der Waals surface area contributed by atoms with E-state index in [0.717, 1.165) is 11.8 Å². The molecule has 1 aromatic rings. The summed E-state index contributed by atoms with van der Waals surface area (Å²) in [4.78, 5) is 42.9. The first kappa shape index (κ1) is 17.9. The van der Waals surface area contributed by atoms with Crippen LogP contribution in [0.2, 0.25) is 0 Å². The molecule has 0 fully saturated rings. The molecule has 24 heavy (non-hydrogen) atoms. The van der Waals surface area contributed by atoms with Gasteiger partial charge in [0.2, 0.25) is 5.91 Å². The predicted octanol–water partition coefficient (Wildman–Crippen LogP) is 1.83. The number of urea groups is 1. The molecule has 9 nitrogen and oxygen atoms in total. The van der Waals surface area contributed by atoms with Crippen LogP contribution in [0.5, 0.6) is 0 Å². The SMILES string of the molecule is CCOC(=O)C1C(C)=NC(=O)N=C1SCC(=O)Nc1cc(C)on1. The Morgan fingerprint density at radius 2 is 2.12 bits per heavy atom. The highest BCUT2D eigenvalue weighted by atomic mass is 32.2. The number of aliphatic imine (C=N–C) groups is 2. The van der Waals surface area contributed by atoms with E-state index < -0.39 is 17.9 Å². The Bertz CT molecular complexity index is 725. The van der Waals surface area contributed by atoms with Gasteiger partial charge in [-0.15, -0.1) is 0 Å². The van der Waals surface area contributed by atoms with Gasteiger partial charge in [0.05, 0.1) is 17.4 Å². The summed E-state index contributed by atoms with van der Waals surface area (Å²) < 4.78 is 9.82. The Morgan fingerprint density at radius 1 is 1.38 bits per heavy atom. The van der Waals surface area contributed by atoms with Gasteiger partial charge in [-0.25, -0.2) is 4.79 Å². The summed E-state index contributed by atoms with van der Waals surface area (Å²) in [7, 11) is 0. The van der Waals surface area contributed by atoms with Crippen molar-refractivity contribution in [3.8, 4) is 0 Å². The molecular weight excluding hydrogens is 336 g/mol. The number of anilines is 1. The first-order chi connectivity index (χ1) is 11.4. The standard InChI is InChI=1S/C14H16N4O5S/c1-4-22-13(20)11-8(3)15-14(21)17-12(11)24-6-10(19)16-9-5-7(2)23-18-9/h5,11H,4,6H2,1-3H3,(H,16,18,19). The molecule has 10 heteroatoms. The molecule has 128 valence electrons. The number of esters is 1. The highest BCUT2D eigenvalue weighted by Gasteiger charge is 2.33. The molecule has 2 heterocycles. The number of carbonyl (C=O) groups excluding carboxylic acids is 3. The van der Waals surface area contributed by atoms with Crippen LogP contribution in [0.4, 0.5) is 10.6 Å². The summed E-state index contributed by atoms with van der Waals surface area (Å²) >= 11 is 0.978. The molecule has 1 aromatic heterocycles. The van der Waals surface area contributed by atoms with Gasteiger partial charge in [0, 0.05) is 11.8 Å². The van der Waals surface area contributed by atoms with E-state index in [1.54, 1.807) is 26.8 Å². The molecule has 1 atom stereocenters. The summed E-state index contributed by atoms with van der Waals surface area (Å²) in [5.74, 6) is -0.985. The van der Waals surface area contributed by atoms with Crippen molar-refractivity contribution in [1.29, 1.82) is 0 Å². The topological polar surface area (TPSA) is 123 Å². The first-order valence-corrected chi connectivity index (χ1v) is 8.09. The third-order valence-electron chi connectivity index (χ3n) is 2.91. The van der Waals surface area contributed by atoms with Crippen molar-refractivity contribution in [3.63, 3.8) is 0 Å². The quantitative estimate of drug-likeness (QED) is 0.802. The van der Waals surface area contributed by atoms with Crippen molar-refractivity contribution >= 4 is 46.2 Å². The predicted molar refractivity (Wildman–Crippen MR) is 88.4 cm³/mol. The molecule has 0 spiro atoms. The average Bonchev–Trinajstić information content (AvgIpc) is 2.89. The second kappa shape index (κ2) is 7.86. The lowest BCUT2D eigenvalue weighted by atomic mass is 10.1. The zero-order valence-corrected chi connectivity index (χ0v) is 14.2. The number of rotatable bonds is 5. The number of hydrogen-bond acceptors (Lipinski definition) is 7. The fourth-order valence-electron chi connectivity index (χ4n) is 1.93. The lowest BCUT2D eigenvalue weighted by molar-refractivity contribution is -0.143. The number of hydrogen-bond donors (Lipinski definition) is 1. The van der Waals surface area contributed by atoms with Crippen LogP contribution in [-0.4, -0.2) is 46.2 Å². The Kier molecular flexibility index (Phi) is 5.85. The van der Waals surface area contributed by atoms with Gasteiger partial charge in [-0.05, 0) is 20.8 Å². The monoisotopic (exact) mass is 352 g/mol. The highest BCUT2D eigenvalue weighted by Crippen LogP contribution is 2.21. The zero-order chi connectivity index (χ0) is 17.7. The van der Waals surface area contributed by atoms with Gasteiger partial charge in [0.1, 0.15) is 11.7 Å². The third-order valence-corrected chi connectivity index (χ3v) is 3.94. The van der Waals surface area contributed by atoms with Crippen LogP contribution in [0.25, 0.3) is 0 Å². The largest absolute Gasteiger partial charge is 0.465 e. The number of nitrogens with zero attached hydrogens (tertiary/aromatic N) is 3. The molecule has 0 radical (unpaired) electrons. The van der Waals surface area contributed by atoms with E-state index >= 15 is 0 Å². The Labute approximate surface area is 141 Å². The molecule has 2 rings (SSSR count). The minimum atomic E-state index is -0.866. The molecule has 0 aromatic carbocycles. The molecular formula is C14H16N4O5S. The van der Waals surface area contributed by atoms with Gasteiger partial charge >= 0.3 is 12.0 Å². The van der Waals surface area contributed by atoms with Crippen LogP contribution >= 0.6 is 11.8 Å². The molecule has 1 unspecified atom stereocenters. The molecule has 1 aliphatic rings. The lowest BCUT2D eigenvalue weighted by Crippen LogP contribution is -2.34. The Hall–Kier alpha value is -2.49. The van der Waals surface area contributed by atoms with Crippen molar-refractivity contribution in [3.05, 3.63) is 11.8 Å². The zero-order valence-electron chi connectivity index (χ0n) is 13.4. The number of carbonyl (C=O) groups is 3. The number of aryl methyl sites for hydroxylation is 1. The van der Waals surface area contributed by atoms with E-state index in [0.29, 0.717) is 17.3 Å². The summed E-state index contributed by atoms with van der Waals surface area (Å²) in [6.45, 7) is 5.12. The maximum atomic E-state index is 12.0. The summed E-state index contributed by atoms with van der Waals surface area (Å²) in [5.41, 5.74) is 0.295. The lowest BCUT2D eigenvalue weighted by Gasteiger charge is -2.19. The fourth-order valence-corrected chi connectivity index (χ4v) is 2.86. The van der Waals surface area contributed by atoms with Crippen molar-refractivity contribution in [1.82, 2.24) is 5.16 Å². The van der Waals surface area contributed by atoms with Crippen molar-refractivity contribution < 1.29 is 23.6 Å². The van der Waals surface area contributed by atoms with Crippen LogP contribution in [-0.2, 0) is 14.3 Å². The molecule has 0 aliphatic carbocycles. The number of amides is 3. The van der Waals surface area contributed by atoms with E-state index in [1.165, 1.54) is 0 Å². The van der Waals surface area contributed by atoms with Gasteiger partial charge in [-0.2, -0.15) is 9.98 Å². The van der Waals surface area contributed by atoms with Crippen LogP contribution in [0.3, 0.4) is 0 Å². The second-order valence-corrected chi connectivity index (χ2v) is 5.83. The molecule has 1 N–H and O–H groups in total. The van der Waals surface area contributed by atoms with Gasteiger partial charge in [0.15, 0.2) is 5.82 Å². The molecule has 0 bridgehead atoms. The van der Waals surface area contributed by atoms with Gasteiger partial charge in [0.25, 0.3) is 0 Å². The maximum absolute atomic E-state index is 12.0. The number of aromatic nitrogens is 1. The van der Waals surface area contributed by atoms with Crippen LogP contribution in [0, 0.1) is 12.8 Å². The Morgan fingerprint density at radius 3 is 2.75 bits per heavy atom. The first-order valence-electron chi connectivity index (χ1n) is 7.11. The minimum Gasteiger partial charge on any atom is -0.465 e. The number of nitrogens with one attached hydrogen (secondary N) is 1. The van der Waals surface area contributed by atoms with E-state index in [2.05, 4.69) is 20.5 Å². The summed E-state index contributed by atoms with van der Waals surface area (Å²) in [5, 5.41) is 6.38. The van der Waals surface area contributed by atoms with Gasteiger partial charge < -0.3 is 14.6 Å². The summed E-state index contributed by atoms with van der Waals surface area (Å²) in [6.07, 6.45) is 0. The van der Waals surface area contributed by atoms with Gasteiger partial charge in [-0.1, -0.05) is 16.9 Å². The van der Waals surface area contributed by atoms with Crippen molar-refractivity contribution in [2.75, 3.05) is 17.7 Å². The number of thioether (sulfide) groups is 1. The van der Waals surface area contributed by atoms with E-state index in [4.69, 9.17) is 9.26 Å². The van der Waals surface area contributed by atoms with E-state index in [-0.39, 0.29) is 23.3 Å². The van der Waals surface area contributed by atoms with E-state index in [9.17, 15) is 14.4 Å². The third kappa shape index (κ3) is 4.51. The smallest absolute Gasteiger partial charge is 0.367 e.